The Morgan fingerprint density at radius 3 is 2.93 bits per heavy atom. The van der Waals surface area contributed by atoms with Crippen molar-refractivity contribution in [3.05, 3.63) is 22.6 Å². The molecule has 0 radical (unpaired) electrons. The topological polar surface area (TPSA) is 21.3 Å². The van der Waals surface area contributed by atoms with Crippen molar-refractivity contribution in [3.63, 3.8) is 0 Å². The van der Waals surface area contributed by atoms with Gasteiger partial charge in [-0.3, -0.25) is 0 Å². The lowest BCUT2D eigenvalue weighted by molar-refractivity contribution is 0.427. The molecule has 0 atom stereocenters. The van der Waals surface area contributed by atoms with Gasteiger partial charge in [0.05, 0.1) is 7.11 Å². The van der Waals surface area contributed by atoms with Gasteiger partial charge < -0.3 is 10.1 Å². The van der Waals surface area contributed by atoms with E-state index >= 15 is 0 Å². The Balaban J connectivity index is 2.29. The smallest absolute Gasteiger partial charge is 0.173 e. The van der Waals surface area contributed by atoms with Gasteiger partial charge in [-0.2, -0.15) is 0 Å². The number of ether oxygens (including phenoxy) is 1. The molecule has 2 rings (SSSR count). The molecular weight excluding hydrogens is 194 g/mol. The van der Waals surface area contributed by atoms with Crippen LogP contribution in [0.25, 0.3) is 5.57 Å². The van der Waals surface area contributed by atoms with Gasteiger partial charge >= 0.3 is 0 Å². The van der Waals surface area contributed by atoms with Gasteiger partial charge in [0.2, 0.25) is 0 Å². The molecule has 0 bridgehead atoms. The summed E-state index contributed by atoms with van der Waals surface area (Å²) in [6.07, 6.45) is 1.16. The normalized spacial score (nSPS) is 17.3. The van der Waals surface area contributed by atoms with Crippen LogP contribution >= 0.6 is 11.3 Å². The van der Waals surface area contributed by atoms with Crippen molar-refractivity contribution in [1.29, 1.82) is 0 Å². The van der Waals surface area contributed by atoms with Crippen LogP contribution < -0.4 is 10.1 Å². The second-order valence-corrected chi connectivity index (χ2v) is 4.55. The van der Waals surface area contributed by atoms with E-state index in [4.69, 9.17) is 4.74 Å². The first-order chi connectivity index (χ1) is 6.81. The van der Waals surface area contributed by atoms with Gasteiger partial charge in [0.15, 0.2) is 5.06 Å². The summed E-state index contributed by atoms with van der Waals surface area (Å²) in [7, 11) is 1.72. The second kappa shape index (κ2) is 4.15. The summed E-state index contributed by atoms with van der Waals surface area (Å²) < 4.78 is 5.20. The van der Waals surface area contributed by atoms with E-state index in [0.717, 1.165) is 24.6 Å². The molecule has 0 unspecified atom stereocenters. The third kappa shape index (κ3) is 1.83. The number of thiophene rings is 1. The van der Waals surface area contributed by atoms with E-state index in [0.29, 0.717) is 0 Å². The highest BCUT2D eigenvalue weighted by Crippen LogP contribution is 2.32. The van der Waals surface area contributed by atoms with Crippen molar-refractivity contribution in [1.82, 2.24) is 5.32 Å². The fourth-order valence-electron chi connectivity index (χ4n) is 1.68. The Kier molecular flexibility index (Phi) is 2.89. The second-order valence-electron chi connectivity index (χ2n) is 3.51. The average molecular weight is 209 g/mol. The summed E-state index contributed by atoms with van der Waals surface area (Å²) in [6.45, 7) is 4.33. The number of hydrogen-bond donors (Lipinski definition) is 1. The van der Waals surface area contributed by atoms with Crippen molar-refractivity contribution in [2.45, 2.75) is 13.3 Å². The van der Waals surface area contributed by atoms with E-state index in [2.05, 4.69) is 18.3 Å². The molecule has 1 aromatic heterocycles. The summed E-state index contributed by atoms with van der Waals surface area (Å²) in [6, 6.07) is 4.18. The number of rotatable bonds is 2. The minimum absolute atomic E-state index is 0.992. The molecule has 0 aliphatic carbocycles. The lowest BCUT2D eigenvalue weighted by Crippen LogP contribution is -2.23. The maximum atomic E-state index is 5.20. The molecule has 0 aromatic carbocycles. The van der Waals surface area contributed by atoms with Gasteiger partial charge in [0, 0.05) is 11.4 Å². The summed E-state index contributed by atoms with van der Waals surface area (Å²) in [4.78, 5) is 1.34. The van der Waals surface area contributed by atoms with Crippen LogP contribution in [-0.4, -0.2) is 20.2 Å². The van der Waals surface area contributed by atoms with Crippen LogP contribution in [0.15, 0.2) is 17.7 Å². The zero-order valence-corrected chi connectivity index (χ0v) is 9.41. The van der Waals surface area contributed by atoms with Crippen molar-refractivity contribution >= 4 is 16.9 Å². The fraction of sp³-hybridized carbons (Fsp3) is 0.455. The highest BCUT2D eigenvalue weighted by atomic mass is 32.1. The Bertz CT molecular complexity index is 354. The Labute approximate surface area is 88.6 Å². The highest BCUT2D eigenvalue weighted by molar-refractivity contribution is 7.14. The molecule has 0 fully saturated rings. The number of methoxy groups -OCH3 is 1. The van der Waals surface area contributed by atoms with E-state index in [1.165, 1.54) is 16.0 Å². The Morgan fingerprint density at radius 1 is 1.43 bits per heavy atom. The van der Waals surface area contributed by atoms with Gasteiger partial charge in [0.1, 0.15) is 0 Å². The minimum Gasteiger partial charge on any atom is -0.487 e. The zero-order chi connectivity index (χ0) is 9.97. The molecule has 1 aliphatic rings. The lowest BCUT2D eigenvalue weighted by Gasteiger charge is -2.17. The van der Waals surface area contributed by atoms with E-state index < -0.39 is 0 Å². The molecule has 3 heteroatoms. The monoisotopic (exact) mass is 209 g/mol. The van der Waals surface area contributed by atoms with Crippen LogP contribution in [-0.2, 0) is 0 Å². The highest BCUT2D eigenvalue weighted by Gasteiger charge is 2.12. The fourth-order valence-corrected chi connectivity index (χ4v) is 2.62. The summed E-state index contributed by atoms with van der Waals surface area (Å²) in [5.74, 6) is 0. The van der Waals surface area contributed by atoms with Crippen LogP contribution in [0, 0.1) is 0 Å². The predicted molar refractivity (Wildman–Crippen MR) is 61.0 cm³/mol. The zero-order valence-electron chi connectivity index (χ0n) is 8.59. The first-order valence-electron chi connectivity index (χ1n) is 4.85. The largest absolute Gasteiger partial charge is 0.487 e. The molecule has 14 heavy (non-hydrogen) atoms. The Hall–Kier alpha value is -0.800. The molecule has 76 valence electrons. The number of nitrogens with one attached hydrogen (secondary N) is 1. The Morgan fingerprint density at radius 2 is 2.29 bits per heavy atom. The molecule has 2 nitrogen and oxygen atoms in total. The quantitative estimate of drug-likeness (QED) is 0.808. The third-order valence-corrected chi connectivity index (χ3v) is 3.68. The van der Waals surface area contributed by atoms with Crippen LogP contribution in [0.1, 0.15) is 18.2 Å². The molecule has 0 saturated heterocycles. The maximum Gasteiger partial charge on any atom is 0.173 e. The molecule has 0 amide bonds. The van der Waals surface area contributed by atoms with E-state index in [1.54, 1.807) is 18.4 Å². The molecule has 1 aliphatic heterocycles. The standard InChI is InChI=1S/C11H15NOS/c1-8-5-6-12-7-9(8)10-3-4-11(13-2)14-10/h3-4,12H,5-7H2,1-2H3. The molecule has 0 spiro atoms. The van der Waals surface area contributed by atoms with E-state index in [-0.39, 0.29) is 0 Å². The van der Waals surface area contributed by atoms with Crippen LogP contribution in [0.3, 0.4) is 0 Å². The first-order valence-corrected chi connectivity index (χ1v) is 5.66. The van der Waals surface area contributed by atoms with Gasteiger partial charge in [0.25, 0.3) is 0 Å². The molecule has 0 saturated carbocycles. The lowest BCUT2D eigenvalue weighted by atomic mass is 10.0. The van der Waals surface area contributed by atoms with E-state index in [9.17, 15) is 0 Å². The van der Waals surface area contributed by atoms with E-state index in [1.807, 2.05) is 6.07 Å². The van der Waals surface area contributed by atoms with Gasteiger partial charge in [-0.1, -0.05) is 16.9 Å². The summed E-state index contributed by atoms with van der Waals surface area (Å²) in [5, 5.41) is 4.39. The predicted octanol–water partition coefficient (Wildman–Crippen LogP) is 2.52. The molecule has 2 heterocycles. The SMILES string of the molecule is COc1ccc(C2=C(C)CCNC2)s1. The molecule has 1 aromatic rings. The maximum absolute atomic E-state index is 5.20. The van der Waals surface area contributed by atoms with Crippen molar-refractivity contribution in [2.75, 3.05) is 20.2 Å². The van der Waals surface area contributed by atoms with Crippen molar-refractivity contribution in [3.8, 4) is 5.06 Å². The van der Waals surface area contributed by atoms with Crippen LogP contribution in [0.4, 0.5) is 0 Å². The van der Waals surface area contributed by atoms with Gasteiger partial charge in [-0.15, -0.1) is 0 Å². The van der Waals surface area contributed by atoms with Gasteiger partial charge in [-0.05, 0) is 37.6 Å². The van der Waals surface area contributed by atoms with Crippen molar-refractivity contribution < 1.29 is 4.74 Å². The summed E-state index contributed by atoms with van der Waals surface area (Å²) >= 11 is 1.72. The molecule has 1 N–H and O–H groups in total. The number of hydrogen-bond acceptors (Lipinski definition) is 3. The van der Waals surface area contributed by atoms with Crippen LogP contribution in [0.2, 0.25) is 0 Å². The van der Waals surface area contributed by atoms with Crippen molar-refractivity contribution in [2.24, 2.45) is 0 Å². The van der Waals surface area contributed by atoms with Crippen LogP contribution in [0.5, 0.6) is 5.06 Å². The first kappa shape index (κ1) is 9.74. The summed E-state index contributed by atoms with van der Waals surface area (Å²) in [5.41, 5.74) is 2.96. The van der Waals surface area contributed by atoms with Gasteiger partial charge in [-0.25, -0.2) is 0 Å². The average Bonchev–Trinajstić information content (AvgIpc) is 2.67. The molecular formula is C11H15NOS. The minimum atomic E-state index is 0.992. The third-order valence-electron chi connectivity index (χ3n) is 2.57.